The van der Waals surface area contributed by atoms with Crippen molar-refractivity contribution in [3.8, 4) is 0 Å². The Bertz CT molecular complexity index is 764. The van der Waals surface area contributed by atoms with E-state index in [1.807, 2.05) is 17.5 Å². The van der Waals surface area contributed by atoms with E-state index in [1.165, 1.54) is 6.26 Å². The van der Waals surface area contributed by atoms with Crippen LogP contribution in [0.25, 0.3) is 5.65 Å². The lowest BCUT2D eigenvalue weighted by molar-refractivity contribution is 0.0903. The number of nitrogens with zero attached hydrogens (tertiary/aromatic N) is 2. The first-order valence-electron chi connectivity index (χ1n) is 7.08. The van der Waals surface area contributed by atoms with Crippen molar-refractivity contribution in [2.24, 2.45) is 0 Å². The quantitative estimate of drug-likeness (QED) is 0.756. The molecule has 0 saturated heterocycles. The van der Waals surface area contributed by atoms with Gasteiger partial charge in [-0.15, -0.1) is 0 Å². The van der Waals surface area contributed by atoms with Crippen molar-refractivity contribution >= 4 is 11.6 Å². The van der Waals surface area contributed by atoms with Gasteiger partial charge in [0.05, 0.1) is 6.26 Å². The molecule has 2 N–H and O–H groups in total. The zero-order valence-corrected chi connectivity index (χ0v) is 12.1. The first-order chi connectivity index (χ1) is 10.6. The Balaban J connectivity index is 1.63. The molecule has 0 aliphatic heterocycles. The zero-order chi connectivity index (χ0) is 15.5. The van der Waals surface area contributed by atoms with E-state index in [1.54, 1.807) is 36.7 Å². The second kappa shape index (κ2) is 6.03. The molecule has 0 aliphatic carbocycles. The van der Waals surface area contributed by atoms with Crippen molar-refractivity contribution in [3.05, 3.63) is 60.4 Å². The zero-order valence-electron chi connectivity index (χ0n) is 12.1. The van der Waals surface area contributed by atoms with Gasteiger partial charge in [-0.3, -0.25) is 4.79 Å². The van der Waals surface area contributed by atoms with Crippen LogP contribution in [0.1, 0.15) is 35.6 Å². The molecule has 3 aromatic rings. The van der Waals surface area contributed by atoms with Gasteiger partial charge in [0.2, 0.25) is 0 Å². The summed E-state index contributed by atoms with van der Waals surface area (Å²) in [6, 6.07) is 6.71. The average molecular weight is 299 g/mol. The van der Waals surface area contributed by atoms with Gasteiger partial charge in [-0.2, -0.15) is 0 Å². The third-order valence-corrected chi connectivity index (χ3v) is 3.49. The third-order valence-electron chi connectivity index (χ3n) is 3.49. The number of amides is 1. The summed E-state index contributed by atoms with van der Waals surface area (Å²) < 4.78 is 6.99. The number of hydrogen-bond acceptors (Lipinski definition) is 4. The van der Waals surface area contributed by atoms with Gasteiger partial charge in [0.25, 0.3) is 5.91 Å². The summed E-state index contributed by atoms with van der Waals surface area (Å²) in [7, 11) is 0. The predicted octanol–water partition coefficient (Wildman–Crippen LogP) is 2.17. The van der Waals surface area contributed by atoms with Crippen LogP contribution in [0.15, 0.2) is 53.5 Å². The standard InChI is InChI=1S/C16H17N3O3/c1-11(9-13(20)14-3-2-8-22-14)18-16(21)12-4-6-19-7-5-17-15(19)10-12/h2-8,10-11,13,20H,9H2,1H3,(H,18,21)/t11-,13+/m0/s1. The highest BCUT2D eigenvalue weighted by Crippen LogP contribution is 2.18. The van der Waals surface area contributed by atoms with Crippen molar-refractivity contribution in [2.75, 3.05) is 0 Å². The molecule has 1 amide bonds. The van der Waals surface area contributed by atoms with Gasteiger partial charge >= 0.3 is 0 Å². The molecule has 0 bridgehead atoms. The number of aliphatic hydroxyl groups is 1. The summed E-state index contributed by atoms with van der Waals surface area (Å²) in [5, 5.41) is 12.9. The van der Waals surface area contributed by atoms with E-state index in [2.05, 4.69) is 10.3 Å². The van der Waals surface area contributed by atoms with Crippen LogP contribution in [0, 0.1) is 0 Å². The Morgan fingerprint density at radius 3 is 3.09 bits per heavy atom. The monoisotopic (exact) mass is 299 g/mol. The lowest BCUT2D eigenvalue weighted by Crippen LogP contribution is -2.33. The molecule has 2 atom stereocenters. The smallest absolute Gasteiger partial charge is 0.251 e. The van der Waals surface area contributed by atoms with Crippen LogP contribution in [0.2, 0.25) is 0 Å². The number of rotatable bonds is 5. The van der Waals surface area contributed by atoms with Crippen LogP contribution in [-0.4, -0.2) is 26.4 Å². The minimum absolute atomic E-state index is 0.190. The van der Waals surface area contributed by atoms with Crippen molar-refractivity contribution in [2.45, 2.75) is 25.5 Å². The number of carbonyl (C=O) groups is 1. The number of furan rings is 1. The van der Waals surface area contributed by atoms with Crippen LogP contribution < -0.4 is 5.32 Å². The van der Waals surface area contributed by atoms with Gasteiger partial charge < -0.3 is 19.2 Å². The van der Waals surface area contributed by atoms with Crippen LogP contribution in [-0.2, 0) is 0 Å². The van der Waals surface area contributed by atoms with Crippen molar-refractivity contribution in [3.63, 3.8) is 0 Å². The van der Waals surface area contributed by atoms with Crippen molar-refractivity contribution in [1.82, 2.24) is 14.7 Å². The number of imidazole rings is 1. The highest BCUT2D eigenvalue weighted by atomic mass is 16.4. The molecule has 114 valence electrons. The predicted molar refractivity (Wildman–Crippen MR) is 80.4 cm³/mol. The fourth-order valence-electron chi connectivity index (χ4n) is 2.35. The highest BCUT2D eigenvalue weighted by Gasteiger charge is 2.17. The molecule has 3 aromatic heterocycles. The topological polar surface area (TPSA) is 79.8 Å². The van der Waals surface area contributed by atoms with E-state index in [0.29, 0.717) is 17.7 Å². The van der Waals surface area contributed by atoms with Crippen LogP contribution in [0.5, 0.6) is 0 Å². The second-order valence-electron chi connectivity index (χ2n) is 5.25. The molecule has 3 heterocycles. The second-order valence-corrected chi connectivity index (χ2v) is 5.25. The summed E-state index contributed by atoms with van der Waals surface area (Å²) in [6.45, 7) is 1.85. The molecule has 6 nitrogen and oxygen atoms in total. The summed E-state index contributed by atoms with van der Waals surface area (Å²) in [5.41, 5.74) is 1.26. The Hall–Kier alpha value is -2.60. The minimum atomic E-state index is -0.736. The van der Waals surface area contributed by atoms with Gasteiger partial charge in [0.15, 0.2) is 0 Å². The Kier molecular flexibility index (Phi) is 3.93. The van der Waals surface area contributed by atoms with E-state index in [4.69, 9.17) is 4.42 Å². The van der Waals surface area contributed by atoms with Crippen molar-refractivity contribution in [1.29, 1.82) is 0 Å². The molecular weight excluding hydrogens is 282 g/mol. The molecule has 3 rings (SSSR count). The fourth-order valence-corrected chi connectivity index (χ4v) is 2.35. The maximum atomic E-state index is 12.2. The van der Waals surface area contributed by atoms with E-state index >= 15 is 0 Å². The van der Waals surface area contributed by atoms with E-state index in [0.717, 1.165) is 5.65 Å². The summed E-state index contributed by atoms with van der Waals surface area (Å²) in [5.74, 6) is 0.310. The number of fused-ring (bicyclic) bond motifs is 1. The van der Waals surface area contributed by atoms with Crippen LogP contribution in [0.3, 0.4) is 0 Å². The number of hydrogen-bond donors (Lipinski definition) is 2. The lowest BCUT2D eigenvalue weighted by Gasteiger charge is -2.16. The molecular formula is C16H17N3O3. The number of pyridine rings is 1. The summed E-state index contributed by atoms with van der Waals surface area (Å²) >= 11 is 0. The van der Waals surface area contributed by atoms with Gasteiger partial charge in [0, 0.05) is 36.6 Å². The number of aromatic nitrogens is 2. The summed E-state index contributed by atoms with van der Waals surface area (Å²) in [4.78, 5) is 16.4. The van der Waals surface area contributed by atoms with Crippen LogP contribution >= 0.6 is 0 Å². The summed E-state index contributed by atoms with van der Waals surface area (Å²) in [6.07, 6.45) is 6.45. The number of aliphatic hydroxyl groups excluding tert-OH is 1. The molecule has 0 radical (unpaired) electrons. The fraction of sp³-hybridized carbons (Fsp3) is 0.250. The molecule has 0 spiro atoms. The maximum Gasteiger partial charge on any atom is 0.251 e. The Morgan fingerprint density at radius 2 is 2.32 bits per heavy atom. The molecule has 0 fully saturated rings. The van der Waals surface area contributed by atoms with Crippen LogP contribution in [0.4, 0.5) is 0 Å². The third kappa shape index (κ3) is 3.01. The van der Waals surface area contributed by atoms with Crippen molar-refractivity contribution < 1.29 is 14.3 Å². The van der Waals surface area contributed by atoms with Gasteiger partial charge in [-0.05, 0) is 31.2 Å². The van der Waals surface area contributed by atoms with Gasteiger partial charge in [0.1, 0.15) is 17.5 Å². The maximum absolute atomic E-state index is 12.2. The van der Waals surface area contributed by atoms with Gasteiger partial charge in [-0.25, -0.2) is 4.98 Å². The Morgan fingerprint density at radius 1 is 1.45 bits per heavy atom. The molecule has 22 heavy (non-hydrogen) atoms. The first kappa shape index (κ1) is 14.3. The molecule has 0 aliphatic rings. The number of carbonyl (C=O) groups excluding carboxylic acids is 1. The first-order valence-corrected chi connectivity index (χ1v) is 7.08. The SMILES string of the molecule is C[C@@H](C[C@@H](O)c1ccco1)NC(=O)c1ccn2ccnc2c1. The van der Waals surface area contributed by atoms with E-state index < -0.39 is 6.10 Å². The molecule has 0 saturated carbocycles. The largest absolute Gasteiger partial charge is 0.467 e. The lowest BCUT2D eigenvalue weighted by atomic mass is 10.1. The minimum Gasteiger partial charge on any atom is -0.467 e. The number of nitrogens with one attached hydrogen (secondary N) is 1. The molecule has 0 unspecified atom stereocenters. The van der Waals surface area contributed by atoms with E-state index in [-0.39, 0.29) is 11.9 Å². The molecule has 0 aromatic carbocycles. The Labute approximate surface area is 127 Å². The average Bonchev–Trinajstić information content (AvgIpc) is 3.17. The normalized spacial score (nSPS) is 13.9. The van der Waals surface area contributed by atoms with E-state index in [9.17, 15) is 9.90 Å². The van der Waals surface area contributed by atoms with Gasteiger partial charge in [-0.1, -0.05) is 0 Å². The molecule has 6 heteroatoms. The highest BCUT2D eigenvalue weighted by molar-refractivity contribution is 5.95.